The Hall–Kier alpha value is -3.90. The Bertz CT molecular complexity index is 1590. The Morgan fingerprint density at radius 2 is 1.57 bits per heavy atom. The summed E-state index contributed by atoms with van der Waals surface area (Å²) in [5.74, 6) is -0.0350. The van der Waals surface area contributed by atoms with E-state index in [1.807, 2.05) is 65.2 Å². The number of aromatic amines is 1. The number of imidazole rings is 1. The summed E-state index contributed by atoms with van der Waals surface area (Å²) in [7, 11) is 0. The summed E-state index contributed by atoms with van der Waals surface area (Å²) in [6.07, 6.45) is 1.84. The highest BCUT2D eigenvalue weighted by atomic mass is 16.2. The van der Waals surface area contributed by atoms with Crippen molar-refractivity contribution in [3.05, 3.63) is 94.9 Å². The highest BCUT2D eigenvalue weighted by molar-refractivity contribution is 6.17. The van der Waals surface area contributed by atoms with Gasteiger partial charge in [-0.05, 0) is 52.6 Å². The number of rotatable bonds is 5. The third kappa shape index (κ3) is 4.00. The Balaban J connectivity index is 1.10. The molecule has 6 heteroatoms. The molecule has 6 rings (SSSR count). The van der Waals surface area contributed by atoms with Crippen LogP contribution in [0.4, 0.5) is 0 Å². The van der Waals surface area contributed by atoms with E-state index < -0.39 is 0 Å². The van der Waals surface area contributed by atoms with Crippen molar-refractivity contribution in [2.45, 2.75) is 18.9 Å². The van der Waals surface area contributed by atoms with Gasteiger partial charge in [0.2, 0.25) is 0 Å². The molecule has 0 spiro atoms. The molecule has 0 radical (unpaired) electrons. The molecule has 0 atom stereocenters. The summed E-state index contributed by atoms with van der Waals surface area (Å²) in [6, 6.07) is 26.4. The number of likely N-dealkylation sites (tertiary alicyclic amines) is 1. The number of hydrogen-bond acceptors (Lipinski definition) is 3. The van der Waals surface area contributed by atoms with Crippen LogP contribution in [-0.4, -0.2) is 46.5 Å². The van der Waals surface area contributed by atoms with E-state index in [-0.39, 0.29) is 17.6 Å². The van der Waals surface area contributed by atoms with Crippen LogP contribution in [0.25, 0.3) is 32.6 Å². The fourth-order valence-electron chi connectivity index (χ4n) is 5.50. The molecule has 176 valence electrons. The molecule has 1 saturated heterocycles. The number of aromatic nitrogens is 2. The predicted molar refractivity (Wildman–Crippen MR) is 141 cm³/mol. The lowest BCUT2D eigenvalue weighted by molar-refractivity contribution is 0.0946. The fraction of sp³-hybridized carbons (Fsp3) is 0.241. The van der Waals surface area contributed by atoms with E-state index in [0.29, 0.717) is 6.54 Å². The van der Waals surface area contributed by atoms with Crippen molar-refractivity contribution in [1.29, 1.82) is 0 Å². The molecule has 0 aliphatic carbocycles. The first-order valence-electron chi connectivity index (χ1n) is 12.3. The topological polar surface area (TPSA) is 70.1 Å². The Morgan fingerprint density at radius 3 is 2.40 bits per heavy atom. The lowest BCUT2D eigenvalue weighted by Gasteiger charge is -2.32. The average Bonchev–Trinajstić information content (AvgIpc) is 3.24. The van der Waals surface area contributed by atoms with Gasteiger partial charge in [0, 0.05) is 37.8 Å². The quantitative estimate of drug-likeness (QED) is 0.370. The number of piperidine rings is 1. The number of fused-ring (bicyclic) bond motifs is 4. The molecule has 0 bridgehead atoms. The molecule has 0 unspecified atom stereocenters. The minimum absolute atomic E-state index is 0.0282. The largest absolute Gasteiger partial charge is 0.351 e. The maximum Gasteiger partial charge on any atom is 0.326 e. The van der Waals surface area contributed by atoms with Crippen LogP contribution in [0.5, 0.6) is 0 Å². The van der Waals surface area contributed by atoms with Crippen molar-refractivity contribution in [1.82, 2.24) is 19.8 Å². The number of nitrogens with one attached hydrogen (secondary N) is 2. The van der Waals surface area contributed by atoms with Crippen LogP contribution < -0.4 is 11.0 Å². The summed E-state index contributed by atoms with van der Waals surface area (Å²) in [5.41, 5.74) is 2.56. The predicted octanol–water partition coefficient (Wildman–Crippen LogP) is 4.70. The number of carbonyl (C=O) groups excluding carboxylic acids is 1. The first-order valence-corrected chi connectivity index (χ1v) is 12.3. The lowest BCUT2D eigenvalue weighted by atomic mass is 9.97. The number of H-pyrrole nitrogens is 1. The zero-order chi connectivity index (χ0) is 23.8. The SMILES string of the molecule is O=C(NCCN1CCC(n2c(=O)[nH]c3ccccc32)CC1)c1cc2ccccc2c2ccccc12. The molecule has 35 heavy (non-hydrogen) atoms. The number of amides is 1. The average molecular weight is 465 g/mol. The van der Waals surface area contributed by atoms with Gasteiger partial charge in [0.25, 0.3) is 5.91 Å². The van der Waals surface area contributed by atoms with Crippen LogP contribution in [-0.2, 0) is 0 Å². The van der Waals surface area contributed by atoms with E-state index in [4.69, 9.17) is 0 Å². The summed E-state index contributed by atoms with van der Waals surface area (Å²) in [4.78, 5) is 31.0. The minimum Gasteiger partial charge on any atom is -0.351 e. The van der Waals surface area contributed by atoms with E-state index in [1.165, 1.54) is 0 Å². The molecule has 4 aromatic carbocycles. The molecule has 6 nitrogen and oxygen atoms in total. The number of benzene rings is 4. The van der Waals surface area contributed by atoms with Crippen LogP contribution in [0.1, 0.15) is 29.2 Å². The molecule has 1 amide bonds. The molecule has 1 aliphatic heterocycles. The number of nitrogens with zero attached hydrogens (tertiary/aromatic N) is 2. The minimum atomic E-state index is -0.0350. The Morgan fingerprint density at radius 1 is 0.886 bits per heavy atom. The van der Waals surface area contributed by atoms with E-state index >= 15 is 0 Å². The van der Waals surface area contributed by atoms with Crippen LogP contribution in [0.15, 0.2) is 83.7 Å². The monoisotopic (exact) mass is 464 g/mol. The van der Waals surface area contributed by atoms with Gasteiger partial charge in [0.05, 0.1) is 11.0 Å². The molecule has 5 aromatic rings. The summed E-state index contributed by atoms with van der Waals surface area (Å²) < 4.78 is 1.92. The van der Waals surface area contributed by atoms with Crippen molar-refractivity contribution in [3.8, 4) is 0 Å². The van der Waals surface area contributed by atoms with E-state index in [2.05, 4.69) is 33.4 Å². The second kappa shape index (κ2) is 9.04. The van der Waals surface area contributed by atoms with Gasteiger partial charge in [0.1, 0.15) is 0 Å². The van der Waals surface area contributed by atoms with Crippen molar-refractivity contribution in [2.24, 2.45) is 0 Å². The smallest absolute Gasteiger partial charge is 0.326 e. The molecule has 1 aromatic heterocycles. The van der Waals surface area contributed by atoms with Gasteiger partial charge >= 0.3 is 5.69 Å². The third-order valence-corrected chi connectivity index (χ3v) is 7.27. The van der Waals surface area contributed by atoms with Crippen molar-refractivity contribution < 1.29 is 4.79 Å². The first-order chi connectivity index (χ1) is 17.2. The molecule has 1 aliphatic rings. The van der Waals surface area contributed by atoms with Gasteiger partial charge in [-0.2, -0.15) is 0 Å². The summed E-state index contributed by atoms with van der Waals surface area (Å²) >= 11 is 0. The highest BCUT2D eigenvalue weighted by Gasteiger charge is 2.23. The molecular weight excluding hydrogens is 436 g/mol. The zero-order valence-electron chi connectivity index (χ0n) is 19.5. The van der Waals surface area contributed by atoms with Crippen LogP contribution in [0.3, 0.4) is 0 Å². The zero-order valence-corrected chi connectivity index (χ0v) is 19.5. The van der Waals surface area contributed by atoms with Crippen molar-refractivity contribution >= 4 is 38.5 Å². The molecular formula is C29H28N4O2. The van der Waals surface area contributed by atoms with Gasteiger partial charge in [-0.15, -0.1) is 0 Å². The van der Waals surface area contributed by atoms with Crippen molar-refractivity contribution in [3.63, 3.8) is 0 Å². The summed E-state index contributed by atoms with van der Waals surface area (Å²) in [5, 5.41) is 7.46. The maximum absolute atomic E-state index is 13.1. The second-order valence-electron chi connectivity index (χ2n) is 9.34. The molecule has 1 fully saturated rings. The first kappa shape index (κ1) is 21.6. The summed E-state index contributed by atoms with van der Waals surface area (Å²) in [6.45, 7) is 3.21. The van der Waals surface area contributed by atoms with E-state index in [9.17, 15) is 9.59 Å². The lowest BCUT2D eigenvalue weighted by Crippen LogP contribution is -2.41. The van der Waals surface area contributed by atoms with E-state index in [1.54, 1.807) is 0 Å². The normalized spacial score (nSPS) is 15.2. The van der Waals surface area contributed by atoms with Gasteiger partial charge < -0.3 is 15.2 Å². The maximum atomic E-state index is 13.1. The highest BCUT2D eigenvalue weighted by Crippen LogP contribution is 2.29. The van der Waals surface area contributed by atoms with Crippen LogP contribution in [0, 0.1) is 0 Å². The van der Waals surface area contributed by atoms with Crippen molar-refractivity contribution in [2.75, 3.05) is 26.2 Å². The standard InChI is InChI=1S/C29H28N4O2/c34-28(25-19-20-7-1-2-8-22(20)23-9-3-4-10-24(23)25)30-15-18-32-16-13-21(14-17-32)33-27-12-6-5-11-26(27)31-29(33)35/h1-12,19,21H,13-18H2,(H,30,34)(H,31,35). The van der Waals surface area contributed by atoms with Crippen LogP contribution in [0.2, 0.25) is 0 Å². The Labute approximate surface area is 203 Å². The third-order valence-electron chi connectivity index (χ3n) is 7.27. The van der Waals surface area contributed by atoms with Gasteiger partial charge in [-0.1, -0.05) is 60.7 Å². The second-order valence-corrected chi connectivity index (χ2v) is 9.34. The van der Waals surface area contributed by atoms with Gasteiger partial charge in [-0.25, -0.2) is 4.79 Å². The van der Waals surface area contributed by atoms with Gasteiger partial charge in [-0.3, -0.25) is 9.36 Å². The number of carbonyl (C=O) groups is 1. The number of hydrogen-bond donors (Lipinski definition) is 2. The van der Waals surface area contributed by atoms with E-state index in [0.717, 1.165) is 70.6 Å². The Kier molecular flexibility index (Phi) is 5.58. The van der Waals surface area contributed by atoms with Gasteiger partial charge in [0.15, 0.2) is 0 Å². The molecule has 0 saturated carbocycles. The molecule has 2 N–H and O–H groups in total. The number of para-hydroxylation sites is 2. The molecule has 2 heterocycles. The van der Waals surface area contributed by atoms with Crippen LogP contribution >= 0.6 is 0 Å². The fourth-order valence-corrected chi connectivity index (χ4v) is 5.50.